The summed E-state index contributed by atoms with van der Waals surface area (Å²) < 4.78 is 13.0. The first-order chi connectivity index (χ1) is 11.2. The third-order valence-electron chi connectivity index (χ3n) is 4.57. The molecule has 0 spiro atoms. The molecule has 1 saturated heterocycles. The van der Waals surface area contributed by atoms with Gasteiger partial charge < -0.3 is 18.9 Å². The zero-order valence-corrected chi connectivity index (χ0v) is 13.1. The van der Waals surface area contributed by atoms with Gasteiger partial charge in [0.2, 0.25) is 6.79 Å². The number of likely N-dealkylation sites (tertiary alicyclic amines) is 1. The number of amides is 1. The number of rotatable bonds is 2. The van der Waals surface area contributed by atoms with E-state index < -0.39 is 0 Å². The third-order valence-corrected chi connectivity index (χ3v) is 4.57. The number of benzene rings is 1. The van der Waals surface area contributed by atoms with Gasteiger partial charge in [-0.1, -0.05) is 6.07 Å². The Labute approximate surface area is 134 Å². The van der Waals surface area contributed by atoms with Crippen molar-refractivity contribution < 1.29 is 14.3 Å². The molecule has 0 N–H and O–H groups in total. The number of carbonyl (C=O) groups is 1. The molecule has 2 aliphatic rings. The van der Waals surface area contributed by atoms with Crippen LogP contribution in [0.3, 0.4) is 0 Å². The van der Waals surface area contributed by atoms with E-state index in [-0.39, 0.29) is 18.7 Å². The molecule has 0 bridgehead atoms. The minimum atomic E-state index is 0.00909. The maximum Gasteiger partial charge on any atom is 0.257 e. The van der Waals surface area contributed by atoms with E-state index in [1.54, 1.807) is 0 Å². The van der Waals surface area contributed by atoms with Gasteiger partial charge in [-0.05, 0) is 31.9 Å². The van der Waals surface area contributed by atoms with Crippen LogP contribution in [0.1, 0.15) is 35.1 Å². The van der Waals surface area contributed by atoms with Crippen LogP contribution in [0, 0.1) is 6.92 Å². The van der Waals surface area contributed by atoms with Gasteiger partial charge in [0.25, 0.3) is 5.91 Å². The Morgan fingerprint density at radius 2 is 2.26 bits per heavy atom. The van der Waals surface area contributed by atoms with Crippen molar-refractivity contribution in [2.24, 2.45) is 0 Å². The number of piperidine rings is 1. The number of carbonyl (C=O) groups excluding carboxylic acids is 1. The zero-order valence-electron chi connectivity index (χ0n) is 13.1. The number of fused-ring (bicyclic) bond motifs is 1. The van der Waals surface area contributed by atoms with E-state index in [9.17, 15) is 4.79 Å². The van der Waals surface area contributed by atoms with Crippen LogP contribution in [0.2, 0.25) is 0 Å². The van der Waals surface area contributed by atoms with E-state index in [4.69, 9.17) is 9.47 Å². The molecule has 23 heavy (non-hydrogen) atoms. The molecule has 0 unspecified atom stereocenters. The lowest BCUT2D eigenvalue weighted by Crippen LogP contribution is -2.40. The van der Waals surface area contributed by atoms with Crippen molar-refractivity contribution in [2.45, 2.75) is 25.8 Å². The van der Waals surface area contributed by atoms with Gasteiger partial charge in [-0.2, -0.15) is 0 Å². The number of aryl methyl sites for hydroxylation is 1. The molecule has 4 rings (SSSR count). The van der Waals surface area contributed by atoms with Crippen molar-refractivity contribution in [1.29, 1.82) is 0 Å². The molecule has 1 aromatic heterocycles. The van der Waals surface area contributed by atoms with Gasteiger partial charge in [0.15, 0.2) is 11.5 Å². The molecular weight excluding hydrogens is 294 g/mol. The Morgan fingerprint density at radius 3 is 3.09 bits per heavy atom. The van der Waals surface area contributed by atoms with Crippen LogP contribution in [-0.4, -0.2) is 40.2 Å². The lowest BCUT2D eigenvalue weighted by Gasteiger charge is -2.34. The lowest BCUT2D eigenvalue weighted by molar-refractivity contribution is 0.0673. The Hall–Kier alpha value is -2.50. The van der Waals surface area contributed by atoms with Crippen molar-refractivity contribution in [3.8, 4) is 11.5 Å². The fourth-order valence-electron chi connectivity index (χ4n) is 3.41. The Balaban J connectivity index is 1.57. The largest absolute Gasteiger partial charge is 0.454 e. The zero-order chi connectivity index (χ0) is 15.8. The van der Waals surface area contributed by atoms with Crippen molar-refractivity contribution in [1.82, 2.24) is 14.5 Å². The molecular formula is C17H19N3O3. The van der Waals surface area contributed by atoms with Gasteiger partial charge in [-0.25, -0.2) is 4.98 Å². The summed E-state index contributed by atoms with van der Waals surface area (Å²) in [7, 11) is 0. The fourth-order valence-corrected chi connectivity index (χ4v) is 3.41. The molecule has 120 valence electrons. The van der Waals surface area contributed by atoms with E-state index in [2.05, 4.69) is 9.55 Å². The summed E-state index contributed by atoms with van der Waals surface area (Å²) in [6.07, 6.45) is 5.85. The highest BCUT2D eigenvalue weighted by atomic mass is 16.7. The molecule has 2 aromatic rings. The van der Waals surface area contributed by atoms with Gasteiger partial charge in [0.05, 0.1) is 11.6 Å². The van der Waals surface area contributed by atoms with Crippen LogP contribution in [0.5, 0.6) is 11.5 Å². The van der Waals surface area contributed by atoms with E-state index in [0.29, 0.717) is 23.6 Å². The van der Waals surface area contributed by atoms with Crippen LogP contribution in [0.4, 0.5) is 0 Å². The Morgan fingerprint density at radius 1 is 1.35 bits per heavy atom. The topological polar surface area (TPSA) is 56.6 Å². The van der Waals surface area contributed by atoms with Crippen molar-refractivity contribution in [3.05, 3.63) is 42.0 Å². The summed E-state index contributed by atoms with van der Waals surface area (Å²) in [5.41, 5.74) is 0.586. The van der Waals surface area contributed by atoms with Gasteiger partial charge in [0.1, 0.15) is 5.82 Å². The number of imidazole rings is 1. The van der Waals surface area contributed by atoms with Crippen LogP contribution in [0.25, 0.3) is 0 Å². The number of nitrogens with zero attached hydrogens (tertiary/aromatic N) is 3. The summed E-state index contributed by atoms with van der Waals surface area (Å²) in [6, 6.07) is 5.75. The fraction of sp³-hybridized carbons (Fsp3) is 0.412. The number of para-hydroxylation sites is 1. The maximum atomic E-state index is 12.9. The summed E-state index contributed by atoms with van der Waals surface area (Å²) in [5, 5.41) is 0. The SMILES string of the molecule is Cc1nccn1[C@@H]1CCCN(C(=O)c2cccc3c2OCO3)C1. The second-order valence-corrected chi connectivity index (χ2v) is 5.97. The van der Waals surface area contributed by atoms with E-state index >= 15 is 0 Å². The quantitative estimate of drug-likeness (QED) is 0.854. The highest BCUT2D eigenvalue weighted by Gasteiger charge is 2.29. The highest BCUT2D eigenvalue weighted by Crippen LogP contribution is 2.36. The number of aromatic nitrogens is 2. The minimum absolute atomic E-state index is 0.00909. The number of hydrogen-bond acceptors (Lipinski definition) is 4. The third kappa shape index (κ3) is 2.44. The van der Waals surface area contributed by atoms with Crippen LogP contribution in [0.15, 0.2) is 30.6 Å². The van der Waals surface area contributed by atoms with Gasteiger partial charge in [-0.15, -0.1) is 0 Å². The first-order valence-corrected chi connectivity index (χ1v) is 7.91. The van der Waals surface area contributed by atoms with Crippen molar-refractivity contribution in [2.75, 3.05) is 19.9 Å². The Kier molecular flexibility index (Phi) is 3.44. The van der Waals surface area contributed by atoms with Crippen molar-refractivity contribution >= 4 is 5.91 Å². The first-order valence-electron chi connectivity index (χ1n) is 7.91. The minimum Gasteiger partial charge on any atom is -0.454 e. The molecule has 6 heteroatoms. The van der Waals surface area contributed by atoms with E-state index in [0.717, 1.165) is 25.2 Å². The Bertz CT molecular complexity index is 740. The molecule has 1 amide bonds. The van der Waals surface area contributed by atoms with Gasteiger partial charge >= 0.3 is 0 Å². The number of hydrogen-bond donors (Lipinski definition) is 0. The van der Waals surface area contributed by atoms with E-state index in [1.165, 1.54) is 0 Å². The van der Waals surface area contributed by atoms with E-state index in [1.807, 2.05) is 42.4 Å². The summed E-state index contributed by atoms with van der Waals surface area (Å²) >= 11 is 0. The lowest BCUT2D eigenvalue weighted by atomic mass is 10.0. The average molecular weight is 313 g/mol. The van der Waals surface area contributed by atoms with Crippen LogP contribution < -0.4 is 9.47 Å². The normalized spacial score (nSPS) is 19.9. The smallest absolute Gasteiger partial charge is 0.257 e. The van der Waals surface area contributed by atoms with Crippen LogP contribution >= 0.6 is 0 Å². The molecule has 0 saturated carbocycles. The average Bonchev–Trinajstić information content (AvgIpc) is 3.22. The molecule has 0 aliphatic carbocycles. The van der Waals surface area contributed by atoms with Crippen LogP contribution in [-0.2, 0) is 0 Å². The molecule has 0 radical (unpaired) electrons. The van der Waals surface area contributed by atoms with Gasteiger partial charge in [0, 0.05) is 25.5 Å². The highest BCUT2D eigenvalue weighted by molar-refractivity contribution is 5.98. The predicted octanol–water partition coefficient (Wildman–Crippen LogP) is 2.40. The molecule has 1 fully saturated rings. The summed E-state index contributed by atoms with van der Waals surface area (Å²) in [6.45, 7) is 3.64. The van der Waals surface area contributed by atoms with Gasteiger partial charge in [-0.3, -0.25) is 4.79 Å². The molecule has 3 heterocycles. The number of ether oxygens (including phenoxy) is 2. The summed E-state index contributed by atoms with van der Waals surface area (Å²) in [5.74, 6) is 2.21. The second kappa shape index (κ2) is 5.61. The second-order valence-electron chi connectivity index (χ2n) is 5.97. The molecule has 2 aliphatic heterocycles. The molecule has 1 aromatic carbocycles. The predicted molar refractivity (Wildman–Crippen MR) is 83.7 cm³/mol. The van der Waals surface area contributed by atoms with Crippen molar-refractivity contribution in [3.63, 3.8) is 0 Å². The maximum absolute atomic E-state index is 12.9. The molecule has 1 atom stereocenters. The first kappa shape index (κ1) is 14.1. The molecule has 6 nitrogen and oxygen atoms in total. The summed E-state index contributed by atoms with van der Waals surface area (Å²) in [4.78, 5) is 19.1. The standard InChI is InChI=1S/C17H19N3O3/c1-12-18-7-9-20(12)13-4-3-8-19(10-13)17(21)14-5-2-6-15-16(14)23-11-22-15/h2,5-7,9,13H,3-4,8,10-11H2,1H3/t13-/m1/s1. The monoisotopic (exact) mass is 313 g/mol.